The standard InChI is InChI=1S/C24H23N3O4S2/c1-4-33(29,30)19-10-7-8-17(14-19)23(28)27(15-18-9-5-6-13-25-18)24-26-21-20(31-3)12-11-16(2)22(21)32-24/h5-14H,4,15H2,1-3H3. The Balaban J connectivity index is 1.83. The summed E-state index contributed by atoms with van der Waals surface area (Å²) in [6.07, 6.45) is 1.66. The molecule has 9 heteroatoms. The first kappa shape index (κ1) is 22.9. The summed E-state index contributed by atoms with van der Waals surface area (Å²) in [7, 11) is -1.87. The second-order valence-electron chi connectivity index (χ2n) is 7.40. The molecule has 1 amide bonds. The summed E-state index contributed by atoms with van der Waals surface area (Å²) < 4.78 is 31.1. The number of pyridine rings is 1. The van der Waals surface area contributed by atoms with Gasteiger partial charge in [-0.15, -0.1) is 0 Å². The average molecular weight is 482 g/mol. The van der Waals surface area contributed by atoms with Gasteiger partial charge in [-0.25, -0.2) is 13.4 Å². The van der Waals surface area contributed by atoms with E-state index in [1.807, 2.05) is 31.2 Å². The number of aromatic nitrogens is 2. The van der Waals surface area contributed by atoms with Crippen LogP contribution in [0.5, 0.6) is 5.75 Å². The normalized spacial score (nSPS) is 11.5. The van der Waals surface area contributed by atoms with Gasteiger partial charge in [0.1, 0.15) is 11.3 Å². The van der Waals surface area contributed by atoms with Gasteiger partial charge in [0.15, 0.2) is 15.0 Å². The molecule has 0 radical (unpaired) electrons. The quantitative estimate of drug-likeness (QED) is 0.382. The van der Waals surface area contributed by atoms with Crippen molar-refractivity contribution in [3.8, 4) is 5.75 Å². The van der Waals surface area contributed by atoms with Gasteiger partial charge in [-0.1, -0.05) is 36.5 Å². The number of thiazole rings is 1. The summed E-state index contributed by atoms with van der Waals surface area (Å²) in [5, 5.41) is 0.483. The zero-order chi connectivity index (χ0) is 23.6. The van der Waals surface area contributed by atoms with Crippen molar-refractivity contribution in [1.82, 2.24) is 9.97 Å². The van der Waals surface area contributed by atoms with E-state index in [0.29, 0.717) is 22.1 Å². The molecule has 0 aliphatic rings. The van der Waals surface area contributed by atoms with E-state index in [2.05, 4.69) is 4.98 Å². The lowest BCUT2D eigenvalue weighted by molar-refractivity contribution is 0.0984. The van der Waals surface area contributed by atoms with Crippen molar-refractivity contribution in [2.24, 2.45) is 0 Å². The minimum Gasteiger partial charge on any atom is -0.494 e. The molecule has 170 valence electrons. The number of benzene rings is 2. The molecule has 0 aliphatic heterocycles. The van der Waals surface area contributed by atoms with Gasteiger partial charge in [0, 0.05) is 11.8 Å². The van der Waals surface area contributed by atoms with E-state index in [4.69, 9.17) is 9.72 Å². The van der Waals surface area contributed by atoms with Gasteiger partial charge in [0.05, 0.1) is 34.7 Å². The predicted molar refractivity (Wildman–Crippen MR) is 130 cm³/mol. The molecule has 0 unspecified atom stereocenters. The highest BCUT2D eigenvalue weighted by Gasteiger charge is 2.25. The highest BCUT2D eigenvalue weighted by molar-refractivity contribution is 7.91. The summed E-state index contributed by atoms with van der Waals surface area (Å²) in [6.45, 7) is 3.74. The number of carbonyl (C=O) groups excluding carboxylic acids is 1. The van der Waals surface area contributed by atoms with Crippen molar-refractivity contribution in [2.45, 2.75) is 25.3 Å². The van der Waals surface area contributed by atoms with Gasteiger partial charge >= 0.3 is 0 Å². The number of methoxy groups -OCH3 is 1. The molecule has 4 rings (SSSR count). The highest BCUT2D eigenvalue weighted by atomic mass is 32.2. The number of rotatable bonds is 7. The third-order valence-electron chi connectivity index (χ3n) is 5.25. The van der Waals surface area contributed by atoms with E-state index < -0.39 is 9.84 Å². The molecule has 0 fully saturated rings. The summed E-state index contributed by atoms with van der Waals surface area (Å²) in [4.78, 5) is 24.4. The van der Waals surface area contributed by atoms with Crippen LogP contribution in [0.15, 0.2) is 65.7 Å². The van der Waals surface area contributed by atoms with E-state index >= 15 is 0 Å². The summed E-state index contributed by atoms with van der Waals surface area (Å²) >= 11 is 1.39. The average Bonchev–Trinajstić information content (AvgIpc) is 3.29. The fraction of sp³-hybridized carbons (Fsp3) is 0.208. The maximum Gasteiger partial charge on any atom is 0.260 e. The molecule has 0 aliphatic carbocycles. The molecule has 4 aromatic rings. The zero-order valence-electron chi connectivity index (χ0n) is 18.5. The van der Waals surface area contributed by atoms with Crippen LogP contribution in [0.4, 0.5) is 5.13 Å². The van der Waals surface area contributed by atoms with E-state index in [1.165, 1.54) is 28.4 Å². The van der Waals surface area contributed by atoms with Crippen LogP contribution < -0.4 is 9.64 Å². The Morgan fingerprint density at radius 1 is 1.12 bits per heavy atom. The molecule has 33 heavy (non-hydrogen) atoms. The van der Waals surface area contributed by atoms with Crippen molar-refractivity contribution in [3.63, 3.8) is 0 Å². The number of hydrogen-bond donors (Lipinski definition) is 0. The van der Waals surface area contributed by atoms with Crippen molar-refractivity contribution >= 4 is 42.4 Å². The fourth-order valence-electron chi connectivity index (χ4n) is 3.40. The zero-order valence-corrected chi connectivity index (χ0v) is 20.1. The first-order valence-corrected chi connectivity index (χ1v) is 12.8. The van der Waals surface area contributed by atoms with Gasteiger partial charge in [0.25, 0.3) is 5.91 Å². The first-order valence-electron chi connectivity index (χ1n) is 10.3. The van der Waals surface area contributed by atoms with Crippen molar-refractivity contribution < 1.29 is 17.9 Å². The van der Waals surface area contributed by atoms with Crippen LogP contribution in [0.2, 0.25) is 0 Å². The molecule has 0 spiro atoms. The number of ether oxygens (including phenoxy) is 1. The molecule has 2 heterocycles. The number of amides is 1. The Hall–Kier alpha value is -3.30. The van der Waals surface area contributed by atoms with E-state index in [9.17, 15) is 13.2 Å². The SMILES string of the molecule is CCS(=O)(=O)c1cccc(C(=O)N(Cc2ccccn2)c2nc3c(OC)ccc(C)c3s2)c1. The monoisotopic (exact) mass is 481 g/mol. The molecule has 0 atom stereocenters. The van der Waals surface area contributed by atoms with Gasteiger partial charge in [-0.2, -0.15) is 0 Å². The number of aryl methyl sites for hydroxylation is 1. The van der Waals surface area contributed by atoms with Crippen LogP contribution >= 0.6 is 11.3 Å². The van der Waals surface area contributed by atoms with E-state index in [-0.39, 0.29) is 28.7 Å². The Kier molecular flexibility index (Phi) is 6.44. The molecule has 0 saturated carbocycles. The summed E-state index contributed by atoms with van der Waals surface area (Å²) in [5.74, 6) is 0.225. The van der Waals surface area contributed by atoms with Crippen molar-refractivity contribution in [1.29, 1.82) is 0 Å². The van der Waals surface area contributed by atoms with Gasteiger partial charge in [-0.3, -0.25) is 14.7 Å². The lowest BCUT2D eigenvalue weighted by atomic mass is 10.2. The number of sulfone groups is 1. The number of hydrogen-bond acceptors (Lipinski definition) is 7. The molecule has 7 nitrogen and oxygen atoms in total. The molecule has 2 aromatic heterocycles. The van der Waals surface area contributed by atoms with Crippen molar-refractivity contribution in [3.05, 3.63) is 77.6 Å². The summed E-state index contributed by atoms with van der Waals surface area (Å²) in [6, 6.07) is 15.4. The molecule has 0 saturated heterocycles. The Morgan fingerprint density at radius 3 is 2.64 bits per heavy atom. The molecule has 0 N–H and O–H groups in total. The third-order valence-corrected chi connectivity index (χ3v) is 8.20. The van der Waals surface area contributed by atoms with Crippen LogP contribution in [0.1, 0.15) is 28.5 Å². The Morgan fingerprint density at radius 2 is 1.94 bits per heavy atom. The van der Waals surface area contributed by atoms with Gasteiger partial charge in [-0.05, 0) is 48.9 Å². The lowest BCUT2D eigenvalue weighted by Gasteiger charge is -2.20. The predicted octanol–water partition coefficient (Wildman–Crippen LogP) is 4.65. The summed E-state index contributed by atoms with van der Waals surface area (Å²) in [5.41, 5.74) is 2.66. The minimum absolute atomic E-state index is 0.0424. The third kappa shape index (κ3) is 4.60. The first-order chi connectivity index (χ1) is 15.8. The second kappa shape index (κ2) is 9.29. The maximum absolute atomic E-state index is 13.7. The van der Waals surface area contributed by atoms with Crippen LogP contribution in [-0.4, -0.2) is 37.2 Å². The largest absolute Gasteiger partial charge is 0.494 e. The van der Waals surface area contributed by atoms with Crippen LogP contribution in [0.3, 0.4) is 0 Å². The van der Waals surface area contributed by atoms with E-state index in [0.717, 1.165) is 10.3 Å². The second-order valence-corrected chi connectivity index (χ2v) is 10.7. The molecule has 0 bridgehead atoms. The van der Waals surface area contributed by atoms with Crippen LogP contribution in [0.25, 0.3) is 10.2 Å². The van der Waals surface area contributed by atoms with Crippen LogP contribution in [0, 0.1) is 6.92 Å². The van der Waals surface area contributed by atoms with Gasteiger partial charge in [0.2, 0.25) is 0 Å². The van der Waals surface area contributed by atoms with Crippen LogP contribution in [-0.2, 0) is 16.4 Å². The van der Waals surface area contributed by atoms with Gasteiger partial charge < -0.3 is 4.74 Å². The lowest BCUT2D eigenvalue weighted by Crippen LogP contribution is -2.30. The molecular formula is C24H23N3O4S2. The molecule has 2 aromatic carbocycles. The topological polar surface area (TPSA) is 89.5 Å². The molecular weight excluding hydrogens is 458 g/mol. The Labute approximate surface area is 196 Å². The number of anilines is 1. The van der Waals surface area contributed by atoms with Crippen molar-refractivity contribution in [2.75, 3.05) is 17.8 Å². The maximum atomic E-state index is 13.7. The fourth-order valence-corrected chi connectivity index (χ4v) is 5.38. The highest BCUT2D eigenvalue weighted by Crippen LogP contribution is 2.37. The smallest absolute Gasteiger partial charge is 0.260 e. The number of nitrogens with zero attached hydrogens (tertiary/aromatic N) is 3. The Bertz CT molecular complexity index is 1420. The number of carbonyl (C=O) groups is 1. The van der Waals surface area contributed by atoms with E-state index in [1.54, 1.807) is 38.4 Å². The minimum atomic E-state index is -3.45. The number of fused-ring (bicyclic) bond motifs is 1.